The monoisotopic (exact) mass is 263 g/mol. The SMILES string of the molecule is CC(CNCC(O)COCc1ccccc1)C1CC1. The largest absolute Gasteiger partial charge is 0.389 e. The van der Waals surface area contributed by atoms with Gasteiger partial charge >= 0.3 is 0 Å². The summed E-state index contributed by atoms with van der Waals surface area (Å²) in [6, 6.07) is 10.0. The number of aliphatic hydroxyl groups is 1. The number of hydrogen-bond donors (Lipinski definition) is 2. The molecular weight excluding hydrogens is 238 g/mol. The standard InChI is InChI=1S/C16H25NO2/c1-13(15-7-8-15)9-17-10-16(18)12-19-11-14-5-3-2-4-6-14/h2-6,13,15-18H,7-12H2,1H3. The zero-order valence-corrected chi connectivity index (χ0v) is 11.7. The molecule has 0 bridgehead atoms. The lowest BCUT2D eigenvalue weighted by molar-refractivity contribution is 0.0285. The number of rotatable bonds is 9. The molecule has 2 atom stereocenters. The topological polar surface area (TPSA) is 41.5 Å². The van der Waals surface area contributed by atoms with Gasteiger partial charge < -0.3 is 15.2 Å². The normalized spacial score (nSPS) is 18.2. The van der Waals surface area contributed by atoms with Crippen LogP contribution in [0, 0.1) is 11.8 Å². The summed E-state index contributed by atoms with van der Waals surface area (Å²) in [5.74, 6) is 1.65. The van der Waals surface area contributed by atoms with E-state index in [1.807, 2.05) is 30.3 Å². The molecule has 0 spiro atoms. The van der Waals surface area contributed by atoms with Crippen LogP contribution in [0.1, 0.15) is 25.3 Å². The number of ether oxygens (including phenoxy) is 1. The molecule has 2 unspecified atom stereocenters. The van der Waals surface area contributed by atoms with Crippen molar-refractivity contribution in [2.24, 2.45) is 11.8 Å². The van der Waals surface area contributed by atoms with Crippen molar-refractivity contribution in [2.45, 2.75) is 32.5 Å². The summed E-state index contributed by atoms with van der Waals surface area (Å²) >= 11 is 0. The molecule has 0 amide bonds. The fourth-order valence-corrected chi connectivity index (χ4v) is 2.26. The van der Waals surface area contributed by atoms with Gasteiger partial charge in [-0.2, -0.15) is 0 Å². The first kappa shape index (κ1) is 14.5. The van der Waals surface area contributed by atoms with E-state index in [9.17, 15) is 5.11 Å². The molecule has 0 aromatic heterocycles. The van der Waals surface area contributed by atoms with Crippen LogP contribution in [0.2, 0.25) is 0 Å². The van der Waals surface area contributed by atoms with Crippen molar-refractivity contribution in [2.75, 3.05) is 19.7 Å². The van der Waals surface area contributed by atoms with Gasteiger partial charge in [-0.15, -0.1) is 0 Å². The minimum Gasteiger partial charge on any atom is -0.389 e. The Morgan fingerprint density at radius 3 is 2.68 bits per heavy atom. The van der Waals surface area contributed by atoms with Crippen LogP contribution < -0.4 is 5.32 Å². The smallest absolute Gasteiger partial charge is 0.0897 e. The first-order valence-electron chi connectivity index (χ1n) is 7.26. The molecule has 2 N–H and O–H groups in total. The molecule has 3 heteroatoms. The van der Waals surface area contributed by atoms with E-state index < -0.39 is 6.10 Å². The molecule has 1 aromatic rings. The molecule has 0 saturated heterocycles. The maximum absolute atomic E-state index is 9.81. The fraction of sp³-hybridized carbons (Fsp3) is 0.625. The minimum absolute atomic E-state index is 0.389. The molecule has 0 radical (unpaired) electrons. The van der Waals surface area contributed by atoms with Crippen molar-refractivity contribution >= 4 is 0 Å². The highest BCUT2D eigenvalue weighted by molar-refractivity contribution is 5.13. The van der Waals surface area contributed by atoms with Crippen LogP contribution >= 0.6 is 0 Å². The Labute approximate surface area is 116 Å². The summed E-state index contributed by atoms with van der Waals surface area (Å²) in [4.78, 5) is 0. The minimum atomic E-state index is -0.421. The molecule has 0 heterocycles. The van der Waals surface area contributed by atoms with E-state index >= 15 is 0 Å². The van der Waals surface area contributed by atoms with Gasteiger partial charge in [0.25, 0.3) is 0 Å². The predicted octanol–water partition coefficient (Wildman–Crippen LogP) is 2.20. The first-order chi connectivity index (χ1) is 9.25. The Hall–Kier alpha value is -0.900. The number of benzene rings is 1. The van der Waals surface area contributed by atoms with Crippen molar-refractivity contribution in [1.82, 2.24) is 5.32 Å². The Bertz CT molecular complexity index is 351. The van der Waals surface area contributed by atoms with E-state index in [1.54, 1.807) is 0 Å². The molecule has 0 aliphatic heterocycles. The van der Waals surface area contributed by atoms with Crippen molar-refractivity contribution in [3.63, 3.8) is 0 Å². The third kappa shape index (κ3) is 5.72. The van der Waals surface area contributed by atoms with Gasteiger partial charge in [0.2, 0.25) is 0 Å². The predicted molar refractivity (Wildman–Crippen MR) is 76.9 cm³/mol. The zero-order valence-electron chi connectivity index (χ0n) is 11.7. The maximum Gasteiger partial charge on any atom is 0.0897 e. The Balaban J connectivity index is 1.50. The second kappa shape index (κ2) is 7.63. The second-order valence-electron chi connectivity index (χ2n) is 5.63. The van der Waals surface area contributed by atoms with Crippen LogP contribution in [-0.4, -0.2) is 30.9 Å². The highest BCUT2D eigenvalue weighted by Gasteiger charge is 2.27. The summed E-state index contributed by atoms with van der Waals surface area (Å²) in [6.07, 6.45) is 2.34. The molecule has 1 aliphatic rings. The average molecular weight is 263 g/mol. The maximum atomic E-state index is 9.81. The third-order valence-electron chi connectivity index (χ3n) is 3.69. The molecule has 106 valence electrons. The number of nitrogens with one attached hydrogen (secondary N) is 1. The number of aliphatic hydroxyl groups excluding tert-OH is 1. The van der Waals surface area contributed by atoms with Crippen LogP contribution in [0.15, 0.2) is 30.3 Å². The van der Waals surface area contributed by atoms with E-state index in [4.69, 9.17) is 4.74 Å². The Morgan fingerprint density at radius 2 is 2.00 bits per heavy atom. The first-order valence-corrected chi connectivity index (χ1v) is 7.26. The van der Waals surface area contributed by atoms with Crippen molar-refractivity contribution in [3.8, 4) is 0 Å². The van der Waals surface area contributed by atoms with Gasteiger partial charge in [0, 0.05) is 6.54 Å². The lowest BCUT2D eigenvalue weighted by Gasteiger charge is -2.15. The van der Waals surface area contributed by atoms with Crippen LogP contribution in [0.4, 0.5) is 0 Å². The highest BCUT2D eigenvalue weighted by Crippen LogP contribution is 2.35. The molecule has 1 aliphatic carbocycles. The molecule has 19 heavy (non-hydrogen) atoms. The van der Waals surface area contributed by atoms with Crippen molar-refractivity contribution < 1.29 is 9.84 Å². The van der Waals surface area contributed by atoms with Gasteiger partial charge in [-0.05, 0) is 36.8 Å². The third-order valence-corrected chi connectivity index (χ3v) is 3.69. The van der Waals surface area contributed by atoms with Gasteiger partial charge in [-0.1, -0.05) is 37.3 Å². The van der Waals surface area contributed by atoms with Crippen molar-refractivity contribution in [1.29, 1.82) is 0 Å². The second-order valence-corrected chi connectivity index (χ2v) is 5.63. The Morgan fingerprint density at radius 1 is 1.26 bits per heavy atom. The summed E-state index contributed by atoms with van der Waals surface area (Å²) in [5.41, 5.74) is 1.14. The van der Waals surface area contributed by atoms with Gasteiger partial charge in [-0.25, -0.2) is 0 Å². The van der Waals surface area contributed by atoms with E-state index in [-0.39, 0.29) is 0 Å². The molecule has 1 saturated carbocycles. The molecular formula is C16H25NO2. The lowest BCUT2D eigenvalue weighted by atomic mass is 10.1. The fourth-order valence-electron chi connectivity index (χ4n) is 2.26. The van der Waals surface area contributed by atoms with E-state index in [1.165, 1.54) is 12.8 Å². The highest BCUT2D eigenvalue weighted by atomic mass is 16.5. The van der Waals surface area contributed by atoms with Gasteiger partial charge in [0.1, 0.15) is 0 Å². The van der Waals surface area contributed by atoms with E-state index in [2.05, 4.69) is 12.2 Å². The summed E-state index contributed by atoms with van der Waals surface area (Å²) in [7, 11) is 0. The van der Waals surface area contributed by atoms with Crippen molar-refractivity contribution in [3.05, 3.63) is 35.9 Å². The van der Waals surface area contributed by atoms with Gasteiger partial charge in [0.15, 0.2) is 0 Å². The quantitative estimate of drug-likeness (QED) is 0.717. The Kier molecular flexibility index (Phi) is 5.83. The molecule has 1 aromatic carbocycles. The van der Waals surface area contributed by atoms with Crippen LogP contribution in [0.25, 0.3) is 0 Å². The lowest BCUT2D eigenvalue weighted by Crippen LogP contribution is -2.33. The molecule has 1 fully saturated rings. The van der Waals surface area contributed by atoms with Crippen LogP contribution in [0.5, 0.6) is 0 Å². The van der Waals surface area contributed by atoms with E-state index in [0.717, 1.165) is 23.9 Å². The van der Waals surface area contributed by atoms with Crippen LogP contribution in [0.3, 0.4) is 0 Å². The zero-order chi connectivity index (χ0) is 13.5. The summed E-state index contributed by atoms with van der Waals surface area (Å²) < 4.78 is 5.51. The summed E-state index contributed by atoms with van der Waals surface area (Å²) in [5, 5.41) is 13.1. The van der Waals surface area contributed by atoms with Gasteiger partial charge in [0.05, 0.1) is 19.3 Å². The average Bonchev–Trinajstić information content (AvgIpc) is 3.24. The van der Waals surface area contributed by atoms with Crippen LogP contribution in [-0.2, 0) is 11.3 Å². The molecule has 3 nitrogen and oxygen atoms in total. The number of hydrogen-bond acceptors (Lipinski definition) is 3. The molecule has 2 rings (SSSR count). The summed E-state index contributed by atoms with van der Waals surface area (Å²) in [6.45, 7) is 4.85. The van der Waals surface area contributed by atoms with E-state index in [0.29, 0.717) is 19.8 Å². The van der Waals surface area contributed by atoms with Gasteiger partial charge in [-0.3, -0.25) is 0 Å².